The van der Waals surface area contributed by atoms with Crippen LogP contribution in [0.2, 0.25) is 0 Å². The Morgan fingerprint density at radius 1 is 1.11 bits per heavy atom. The lowest BCUT2D eigenvalue weighted by atomic mass is 9.95. The minimum Gasteiger partial charge on any atom is -0.497 e. The number of hydrogen-bond donors (Lipinski definition) is 1. The van der Waals surface area contributed by atoms with E-state index in [1.807, 2.05) is 18.2 Å². The van der Waals surface area contributed by atoms with Gasteiger partial charge in [-0.15, -0.1) is 0 Å². The number of amides is 1. The highest BCUT2D eigenvalue weighted by molar-refractivity contribution is 5.96. The summed E-state index contributed by atoms with van der Waals surface area (Å²) in [6, 6.07) is 5.75. The van der Waals surface area contributed by atoms with Crippen LogP contribution in [0, 0.1) is 5.92 Å². The summed E-state index contributed by atoms with van der Waals surface area (Å²) in [4.78, 5) is 22.3. The number of nitrogens with zero attached hydrogens (tertiary/aromatic N) is 3. The predicted octanol–water partition coefficient (Wildman–Crippen LogP) is 3.19. The molecule has 1 saturated heterocycles. The molecule has 0 aromatic heterocycles. The highest BCUT2D eigenvalue weighted by Gasteiger charge is 2.32. The quantitative estimate of drug-likeness (QED) is 0.430. The molecule has 8 nitrogen and oxygen atoms in total. The molecule has 2 unspecified atom stereocenters. The number of likely N-dealkylation sites (tertiary alicyclic amines) is 1. The van der Waals surface area contributed by atoms with Gasteiger partial charge in [0.1, 0.15) is 23.6 Å². The van der Waals surface area contributed by atoms with Gasteiger partial charge in [0.15, 0.2) is 0 Å². The van der Waals surface area contributed by atoms with Crippen LogP contribution in [0.4, 0.5) is 0 Å². The summed E-state index contributed by atoms with van der Waals surface area (Å²) in [5.41, 5.74) is 0.864. The molecule has 1 aromatic carbocycles. The van der Waals surface area contributed by atoms with Gasteiger partial charge in [0, 0.05) is 30.6 Å². The molecule has 35 heavy (non-hydrogen) atoms. The van der Waals surface area contributed by atoms with Crippen LogP contribution in [0.5, 0.6) is 11.5 Å². The number of rotatable bonds is 13. The Bertz CT molecular complexity index is 812. The molecule has 0 saturated carbocycles. The van der Waals surface area contributed by atoms with Crippen LogP contribution >= 0.6 is 0 Å². The number of unbranched alkanes of at least 4 members (excludes halogenated alkanes) is 1. The number of ether oxygens (including phenoxy) is 3. The van der Waals surface area contributed by atoms with E-state index in [4.69, 9.17) is 19.2 Å². The van der Waals surface area contributed by atoms with E-state index in [1.165, 1.54) is 0 Å². The Kier molecular flexibility index (Phi) is 10.7. The third-order valence-electron chi connectivity index (χ3n) is 7.22. The maximum absolute atomic E-state index is 12.6. The fraction of sp³-hybridized carbons (Fsp3) is 0.704. The Labute approximate surface area is 211 Å². The van der Waals surface area contributed by atoms with E-state index in [0.717, 1.165) is 77.1 Å². The van der Waals surface area contributed by atoms with Crippen LogP contribution in [0.3, 0.4) is 0 Å². The summed E-state index contributed by atoms with van der Waals surface area (Å²) < 4.78 is 16.9. The van der Waals surface area contributed by atoms with Crippen LogP contribution in [0.15, 0.2) is 23.2 Å². The van der Waals surface area contributed by atoms with E-state index in [-0.39, 0.29) is 24.0 Å². The van der Waals surface area contributed by atoms with Crippen molar-refractivity contribution in [1.82, 2.24) is 15.1 Å². The predicted molar refractivity (Wildman–Crippen MR) is 140 cm³/mol. The molecular weight excluding hydrogens is 444 g/mol. The van der Waals surface area contributed by atoms with Gasteiger partial charge in [-0.1, -0.05) is 13.8 Å². The molecule has 8 heteroatoms. The van der Waals surface area contributed by atoms with E-state index >= 15 is 0 Å². The molecule has 196 valence electrons. The minimum absolute atomic E-state index is 0.000409. The highest BCUT2D eigenvalue weighted by atomic mass is 16.5. The lowest BCUT2D eigenvalue weighted by Crippen LogP contribution is -2.44. The third kappa shape index (κ3) is 7.84. The zero-order valence-corrected chi connectivity index (χ0v) is 22.2. The second kappa shape index (κ2) is 13.7. The Morgan fingerprint density at radius 2 is 1.77 bits per heavy atom. The lowest BCUT2D eigenvalue weighted by molar-refractivity contribution is -0.126. The Hall–Kier alpha value is -2.32. The molecule has 2 atom stereocenters. The van der Waals surface area contributed by atoms with Gasteiger partial charge >= 0.3 is 0 Å². The summed E-state index contributed by atoms with van der Waals surface area (Å²) in [6.07, 6.45) is 3.97. The zero-order chi connectivity index (χ0) is 25.2. The molecule has 1 amide bonds. The van der Waals surface area contributed by atoms with Crippen molar-refractivity contribution in [3.05, 3.63) is 23.8 Å². The Balaban J connectivity index is 1.42. The first-order chi connectivity index (χ1) is 17.0. The molecule has 1 N–H and O–H groups in total. The fourth-order valence-corrected chi connectivity index (χ4v) is 4.80. The van der Waals surface area contributed by atoms with Gasteiger partial charge in [-0.3, -0.25) is 4.79 Å². The van der Waals surface area contributed by atoms with E-state index in [0.29, 0.717) is 17.4 Å². The largest absolute Gasteiger partial charge is 0.497 e. The van der Waals surface area contributed by atoms with Gasteiger partial charge in [0.05, 0.1) is 14.2 Å². The van der Waals surface area contributed by atoms with Gasteiger partial charge < -0.3 is 29.3 Å². The first kappa shape index (κ1) is 27.3. The molecule has 1 aromatic rings. The zero-order valence-electron chi connectivity index (χ0n) is 22.2. The first-order valence-corrected chi connectivity index (χ1v) is 13.2. The average molecular weight is 489 g/mol. The molecule has 0 bridgehead atoms. The number of benzene rings is 1. The lowest BCUT2D eigenvalue weighted by Gasteiger charge is -2.32. The number of carbonyl (C=O) groups excluding carboxylic acids is 1. The number of piperidine rings is 1. The molecule has 2 heterocycles. The second-order valence-electron chi connectivity index (χ2n) is 9.53. The van der Waals surface area contributed by atoms with Crippen LogP contribution < -0.4 is 14.8 Å². The van der Waals surface area contributed by atoms with Crippen LogP contribution in [0.25, 0.3) is 0 Å². The third-order valence-corrected chi connectivity index (χ3v) is 7.22. The van der Waals surface area contributed by atoms with Gasteiger partial charge in [0.2, 0.25) is 11.8 Å². The smallest absolute Gasteiger partial charge is 0.223 e. The number of nitrogens with one attached hydrogen (secondary N) is 1. The first-order valence-electron chi connectivity index (χ1n) is 13.2. The summed E-state index contributed by atoms with van der Waals surface area (Å²) in [6.45, 7) is 13.2. The molecule has 1 fully saturated rings. The molecule has 2 aliphatic heterocycles. The van der Waals surface area contributed by atoms with Crippen LogP contribution in [-0.4, -0.2) is 93.8 Å². The number of methoxy groups -OCH3 is 2. The van der Waals surface area contributed by atoms with Crippen molar-refractivity contribution in [1.29, 1.82) is 0 Å². The molecule has 0 aliphatic carbocycles. The molecular formula is C27H44N4O4. The molecule has 2 aliphatic rings. The van der Waals surface area contributed by atoms with Gasteiger partial charge in [-0.05, 0) is 77.5 Å². The van der Waals surface area contributed by atoms with E-state index in [2.05, 4.69) is 35.9 Å². The molecule has 0 spiro atoms. The maximum Gasteiger partial charge on any atom is 0.223 e. The van der Waals surface area contributed by atoms with Crippen molar-refractivity contribution in [3.8, 4) is 11.5 Å². The van der Waals surface area contributed by atoms with Gasteiger partial charge in [-0.25, -0.2) is 4.99 Å². The molecule has 3 rings (SSSR count). The van der Waals surface area contributed by atoms with Gasteiger partial charge in [0.25, 0.3) is 0 Å². The van der Waals surface area contributed by atoms with Crippen LogP contribution in [-0.2, 0) is 9.53 Å². The van der Waals surface area contributed by atoms with Crippen molar-refractivity contribution < 1.29 is 19.0 Å². The van der Waals surface area contributed by atoms with Gasteiger partial charge in [-0.2, -0.15) is 0 Å². The number of aliphatic imine (C=N–C) groups is 1. The Morgan fingerprint density at radius 3 is 2.37 bits per heavy atom. The monoisotopic (exact) mass is 488 g/mol. The SMILES string of the molecule is CCN(CC)CCCCNC(=O)C1CCN(CC2N=C(c3cc(OC)cc(OC)c3)OC2C)CC1. The van der Waals surface area contributed by atoms with Crippen LogP contribution in [0.1, 0.15) is 52.0 Å². The summed E-state index contributed by atoms with van der Waals surface area (Å²) in [5, 5.41) is 3.16. The molecule has 0 radical (unpaired) electrons. The van der Waals surface area contributed by atoms with Crippen molar-refractivity contribution in [2.24, 2.45) is 10.9 Å². The maximum atomic E-state index is 12.6. The standard InChI is InChI=1S/C27H44N4O4/c1-6-30(7-2)13-9-8-12-28-26(32)21-10-14-31(15-11-21)19-25-20(3)35-27(29-25)22-16-23(33-4)18-24(17-22)34-5/h16-18,20-21,25H,6-15,19H2,1-5H3,(H,28,32). The van der Waals surface area contributed by atoms with E-state index < -0.39 is 0 Å². The summed E-state index contributed by atoms with van der Waals surface area (Å²) >= 11 is 0. The van der Waals surface area contributed by atoms with E-state index in [9.17, 15) is 4.79 Å². The average Bonchev–Trinajstić information content (AvgIpc) is 3.26. The van der Waals surface area contributed by atoms with Crippen molar-refractivity contribution in [2.45, 2.75) is 58.6 Å². The second-order valence-corrected chi connectivity index (χ2v) is 9.53. The van der Waals surface area contributed by atoms with Crippen molar-refractivity contribution in [2.75, 3.05) is 60.0 Å². The summed E-state index contributed by atoms with van der Waals surface area (Å²) in [7, 11) is 3.28. The fourth-order valence-electron chi connectivity index (χ4n) is 4.80. The number of carbonyl (C=O) groups is 1. The minimum atomic E-state index is -0.000409. The van der Waals surface area contributed by atoms with E-state index in [1.54, 1.807) is 14.2 Å². The normalized spacial score (nSPS) is 21.0. The van der Waals surface area contributed by atoms with Crippen molar-refractivity contribution >= 4 is 11.8 Å². The highest BCUT2D eigenvalue weighted by Crippen LogP contribution is 2.27. The summed E-state index contributed by atoms with van der Waals surface area (Å²) in [5.74, 6) is 2.40. The number of hydrogen-bond acceptors (Lipinski definition) is 7. The van der Waals surface area contributed by atoms with Crippen molar-refractivity contribution in [3.63, 3.8) is 0 Å². The topological polar surface area (TPSA) is 75.6 Å².